The first-order valence-electron chi connectivity index (χ1n) is 9.15. The SMILES string of the molecule is COCCn1nnn(-c2ccc(NC(=O)/C=C/c3ccc4c(c3)OCO4)cc2)c1=O. The Balaban J connectivity index is 1.39. The van der Waals surface area contributed by atoms with Gasteiger partial charge in [-0.15, -0.1) is 0 Å². The minimum Gasteiger partial charge on any atom is -0.454 e. The molecule has 10 heteroatoms. The number of carbonyl (C=O) groups is 1. The van der Waals surface area contributed by atoms with Gasteiger partial charge in [-0.25, -0.2) is 4.79 Å². The van der Waals surface area contributed by atoms with Gasteiger partial charge in [-0.05, 0) is 58.5 Å². The monoisotopic (exact) mass is 409 g/mol. The fraction of sp³-hybridized carbons (Fsp3) is 0.200. The number of rotatable bonds is 7. The van der Waals surface area contributed by atoms with Crippen LogP contribution in [-0.4, -0.2) is 46.2 Å². The quantitative estimate of drug-likeness (QED) is 0.588. The fourth-order valence-corrected chi connectivity index (χ4v) is 2.81. The zero-order valence-corrected chi connectivity index (χ0v) is 16.1. The first-order chi connectivity index (χ1) is 14.6. The lowest BCUT2D eigenvalue weighted by molar-refractivity contribution is -0.111. The van der Waals surface area contributed by atoms with Crippen LogP contribution >= 0.6 is 0 Å². The van der Waals surface area contributed by atoms with Crippen LogP contribution in [0.3, 0.4) is 0 Å². The Labute approximate surface area is 171 Å². The first kappa shape index (κ1) is 19.4. The Morgan fingerprint density at radius 3 is 2.77 bits per heavy atom. The summed E-state index contributed by atoms with van der Waals surface area (Å²) in [6.07, 6.45) is 3.11. The molecule has 0 unspecified atom stereocenters. The number of hydrogen-bond donors (Lipinski definition) is 1. The van der Waals surface area contributed by atoms with Crippen molar-refractivity contribution < 1.29 is 19.0 Å². The van der Waals surface area contributed by atoms with Crippen molar-refractivity contribution in [2.75, 3.05) is 25.8 Å². The molecule has 30 heavy (non-hydrogen) atoms. The Hall–Kier alpha value is -3.92. The van der Waals surface area contributed by atoms with Crippen LogP contribution in [0.2, 0.25) is 0 Å². The Bertz CT molecular complexity index is 1130. The molecule has 4 rings (SSSR count). The molecule has 0 atom stereocenters. The van der Waals surface area contributed by atoms with Gasteiger partial charge in [0.1, 0.15) is 0 Å². The third kappa shape index (κ3) is 4.23. The minimum atomic E-state index is -0.365. The lowest BCUT2D eigenvalue weighted by Gasteiger charge is -2.04. The third-order valence-electron chi connectivity index (χ3n) is 4.35. The van der Waals surface area contributed by atoms with E-state index < -0.39 is 0 Å². The van der Waals surface area contributed by atoms with Crippen molar-refractivity contribution in [1.82, 2.24) is 19.8 Å². The summed E-state index contributed by atoms with van der Waals surface area (Å²) in [4.78, 5) is 24.5. The number of nitrogens with zero attached hydrogens (tertiary/aromatic N) is 4. The molecule has 1 aliphatic heterocycles. The van der Waals surface area contributed by atoms with Gasteiger partial charge in [0, 0.05) is 18.9 Å². The van der Waals surface area contributed by atoms with Gasteiger partial charge in [-0.3, -0.25) is 4.79 Å². The topological polar surface area (TPSA) is 110 Å². The first-order valence-corrected chi connectivity index (χ1v) is 9.15. The maximum atomic E-state index is 12.3. The van der Waals surface area contributed by atoms with E-state index in [1.54, 1.807) is 49.6 Å². The minimum absolute atomic E-state index is 0.203. The summed E-state index contributed by atoms with van der Waals surface area (Å²) in [5.41, 5.74) is 1.58. The highest BCUT2D eigenvalue weighted by molar-refractivity contribution is 6.02. The van der Waals surface area contributed by atoms with Gasteiger partial charge in [0.15, 0.2) is 11.5 Å². The van der Waals surface area contributed by atoms with Gasteiger partial charge in [-0.2, -0.15) is 9.36 Å². The van der Waals surface area contributed by atoms with E-state index in [1.165, 1.54) is 15.4 Å². The number of carbonyl (C=O) groups excluding carboxylic acids is 1. The Morgan fingerprint density at radius 1 is 1.17 bits per heavy atom. The van der Waals surface area contributed by atoms with Gasteiger partial charge in [0.2, 0.25) is 12.7 Å². The summed E-state index contributed by atoms with van der Waals surface area (Å²) in [6.45, 7) is 0.886. The molecule has 1 aromatic heterocycles. The number of anilines is 1. The molecular weight excluding hydrogens is 390 g/mol. The Morgan fingerprint density at radius 2 is 1.97 bits per heavy atom. The van der Waals surface area contributed by atoms with Crippen molar-refractivity contribution >= 4 is 17.7 Å². The summed E-state index contributed by atoms with van der Waals surface area (Å²) in [7, 11) is 1.55. The molecule has 2 aromatic carbocycles. The number of aromatic nitrogens is 4. The lowest BCUT2D eigenvalue weighted by atomic mass is 10.2. The van der Waals surface area contributed by atoms with E-state index in [1.807, 2.05) is 6.07 Å². The molecule has 10 nitrogen and oxygen atoms in total. The van der Waals surface area contributed by atoms with Crippen LogP contribution in [0.5, 0.6) is 11.5 Å². The van der Waals surface area contributed by atoms with Gasteiger partial charge >= 0.3 is 5.69 Å². The van der Waals surface area contributed by atoms with E-state index in [9.17, 15) is 9.59 Å². The number of methoxy groups -OCH3 is 1. The maximum Gasteiger partial charge on any atom is 0.368 e. The molecule has 3 aromatic rings. The van der Waals surface area contributed by atoms with Crippen LogP contribution in [0.15, 0.2) is 53.3 Å². The number of tetrazole rings is 1. The second kappa shape index (κ2) is 8.62. The van der Waals surface area contributed by atoms with Crippen molar-refractivity contribution in [1.29, 1.82) is 0 Å². The molecule has 0 saturated carbocycles. The van der Waals surface area contributed by atoms with Crippen LogP contribution in [0.25, 0.3) is 11.8 Å². The number of nitrogens with one attached hydrogen (secondary N) is 1. The fourth-order valence-electron chi connectivity index (χ4n) is 2.81. The van der Waals surface area contributed by atoms with Crippen molar-refractivity contribution in [3.05, 3.63) is 64.6 Å². The van der Waals surface area contributed by atoms with Crippen molar-refractivity contribution in [3.63, 3.8) is 0 Å². The summed E-state index contributed by atoms with van der Waals surface area (Å²) < 4.78 is 17.9. The zero-order chi connectivity index (χ0) is 20.9. The molecule has 154 valence electrons. The van der Waals surface area contributed by atoms with Crippen molar-refractivity contribution in [2.24, 2.45) is 0 Å². The molecule has 0 spiro atoms. The number of fused-ring (bicyclic) bond motifs is 1. The average molecular weight is 409 g/mol. The summed E-state index contributed by atoms with van der Waals surface area (Å²) in [5.74, 6) is 1.06. The summed E-state index contributed by atoms with van der Waals surface area (Å²) >= 11 is 0. The Kier molecular flexibility index (Phi) is 5.57. The van der Waals surface area contributed by atoms with Crippen LogP contribution in [0, 0.1) is 0 Å². The molecule has 1 aliphatic rings. The normalized spacial score (nSPS) is 12.4. The van der Waals surface area contributed by atoms with E-state index in [0.717, 1.165) is 5.56 Å². The second-order valence-electron chi connectivity index (χ2n) is 6.37. The third-order valence-corrected chi connectivity index (χ3v) is 4.35. The van der Waals surface area contributed by atoms with E-state index in [-0.39, 0.29) is 18.4 Å². The van der Waals surface area contributed by atoms with Crippen molar-refractivity contribution in [2.45, 2.75) is 6.54 Å². The molecule has 0 bridgehead atoms. The lowest BCUT2D eigenvalue weighted by Crippen LogP contribution is -2.25. The van der Waals surface area contributed by atoms with Crippen LogP contribution in [0.4, 0.5) is 5.69 Å². The highest BCUT2D eigenvalue weighted by Gasteiger charge is 2.12. The van der Waals surface area contributed by atoms with Crippen LogP contribution in [-0.2, 0) is 16.1 Å². The van der Waals surface area contributed by atoms with Crippen LogP contribution < -0.4 is 20.5 Å². The number of amides is 1. The summed E-state index contributed by atoms with van der Waals surface area (Å²) in [6, 6.07) is 12.2. The van der Waals surface area contributed by atoms with E-state index in [2.05, 4.69) is 15.7 Å². The van der Waals surface area contributed by atoms with Gasteiger partial charge in [0.05, 0.1) is 18.8 Å². The molecule has 0 saturated heterocycles. The highest BCUT2D eigenvalue weighted by atomic mass is 16.7. The smallest absolute Gasteiger partial charge is 0.368 e. The summed E-state index contributed by atoms with van der Waals surface area (Å²) in [5, 5.41) is 10.4. The van der Waals surface area contributed by atoms with Gasteiger partial charge in [0.25, 0.3) is 0 Å². The molecule has 0 radical (unpaired) electrons. The predicted octanol–water partition coefficient (Wildman–Crippen LogP) is 1.46. The second-order valence-corrected chi connectivity index (χ2v) is 6.37. The van der Waals surface area contributed by atoms with Crippen molar-refractivity contribution in [3.8, 4) is 17.2 Å². The molecular formula is C20H19N5O5. The van der Waals surface area contributed by atoms with E-state index >= 15 is 0 Å². The number of hydrogen-bond acceptors (Lipinski definition) is 7. The van der Waals surface area contributed by atoms with Gasteiger partial charge < -0.3 is 19.5 Å². The molecule has 1 N–H and O–H groups in total. The maximum absolute atomic E-state index is 12.3. The standard InChI is InChI=1S/C20H19N5O5/c1-28-11-10-24-20(27)25(23-22-24)16-6-4-15(5-7-16)21-19(26)9-3-14-2-8-17-18(12-14)30-13-29-17/h2-9,12H,10-11,13H2,1H3,(H,21,26)/b9-3+. The molecule has 2 heterocycles. The average Bonchev–Trinajstić information content (AvgIpc) is 3.37. The van der Waals surface area contributed by atoms with Crippen LogP contribution in [0.1, 0.15) is 5.56 Å². The van der Waals surface area contributed by atoms with E-state index in [0.29, 0.717) is 36.0 Å². The van der Waals surface area contributed by atoms with Gasteiger partial charge in [-0.1, -0.05) is 6.07 Å². The number of benzene rings is 2. The van der Waals surface area contributed by atoms with E-state index in [4.69, 9.17) is 14.2 Å². The predicted molar refractivity (Wildman–Crippen MR) is 108 cm³/mol. The number of ether oxygens (including phenoxy) is 3. The molecule has 0 fully saturated rings. The molecule has 0 aliphatic carbocycles. The highest BCUT2D eigenvalue weighted by Crippen LogP contribution is 2.32. The zero-order valence-electron chi connectivity index (χ0n) is 16.1. The molecule has 1 amide bonds. The largest absolute Gasteiger partial charge is 0.454 e.